The van der Waals surface area contributed by atoms with E-state index in [2.05, 4.69) is 20.3 Å². The molecule has 0 fully saturated rings. The molecule has 0 saturated carbocycles. The quantitative estimate of drug-likeness (QED) is 0.437. The van der Waals surface area contributed by atoms with Crippen molar-refractivity contribution in [3.63, 3.8) is 0 Å². The molecule has 0 saturated heterocycles. The van der Waals surface area contributed by atoms with E-state index in [1.54, 1.807) is 42.7 Å². The minimum absolute atomic E-state index is 0.0958. The summed E-state index contributed by atoms with van der Waals surface area (Å²) < 4.78 is 10.8. The van der Waals surface area contributed by atoms with Crippen molar-refractivity contribution < 1.29 is 19.1 Å². The van der Waals surface area contributed by atoms with E-state index in [-0.39, 0.29) is 5.69 Å². The predicted molar refractivity (Wildman–Crippen MR) is 115 cm³/mol. The van der Waals surface area contributed by atoms with E-state index < -0.39 is 18.5 Å². The van der Waals surface area contributed by atoms with Gasteiger partial charge in [-0.2, -0.15) is 0 Å². The number of hydrogen-bond donors (Lipinski definition) is 1. The normalized spacial score (nSPS) is 10.3. The third kappa shape index (κ3) is 5.49. The number of benzene rings is 2. The Bertz CT molecular complexity index is 1180. The maximum absolute atomic E-state index is 12.2. The van der Waals surface area contributed by atoms with Crippen LogP contribution in [-0.4, -0.2) is 33.4 Å². The molecule has 31 heavy (non-hydrogen) atoms. The third-order valence-corrected chi connectivity index (χ3v) is 4.74. The molecule has 2 heterocycles. The van der Waals surface area contributed by atoms with Crippen LogP contribution in [0, 0.1) is 0 Å². The fraction of sp³-hybridized carbons (Fsp3) is 0.0455. The lowest BCUT2D eigenvalue weighted by Gasteiger charge is -2.09. The van der Waals surface area contributed by atoms with Crippen molar-refractivity contribution in [1.82, 2.24) is 15.0 Å². The van der Waals surface area contributed by atoms with E-state index in [4.69, 9.17) is 9.47 Å². The number of hydrogen-bond acceptors (Lipinski definition) is 8. The van der Waals surface area contributed by atoms with Crippen molar-refractivity contribution in [3.8, 4) is 22.3 Å². The molecule has 1 N–H and O–H groups in total. The van der Waals surface area contributed by atoms with E-state index in [1.807, 2.05) is 30.3 Å². The Morgan fingerprint density at radius 2 is 1.71 bits per heavy atom. The average molecular weight is 432 g/mol. The molecule has 2 aromatic heterocycles. The Balaban J connectivity index is 1.31. The average Bonchev–Trinajstić information content (AvgIpc) is 3.30. The minimum Gasteiger partial charge on any atom is -0.457 e. The second kappa shape index (κ2) is 9.59. The van der Waals surface area contributed by atoms with Gasteiger partial charge in [0.1, 0.15) is 11.5 Å². The standard InChI is InChI=1S/C22H16N4O4S/c27-19(25-15-6-4-9-17(12-15)30-16-7-2-1-3-8-16)13-29-22(28)18-14-31-21(26-18)20-23-10-5-11-24-20/h1-12,14H,13H2,(H,25,27). The number of thiazole rings is 1. The fourth-order valence-electron chi connectivity index (χ4n) is 2.54. The number of carbonyl (C=O) groups excluding carboxylic acids is 2. The number of anilines is 1. The Hall–Kier alpha value is -4.11. The lowest BCUT2D eigenvalue weighted by molar-refractivity contribution is -0.119. The predicted octanol–water partition coefficient (Wildman–Crippen LogP) is 4.19. The van der Waals surface area contributed by atoms with Gasteiger partial charge in [0.2, 0.25) is 0 Å². The number of esters is 1. The monoisotopic (exact) mass is 432 g/mol. The van der Waals surface area contributed by atoms with Gasteiger partial charge >= 0.3 is 5.97 Å². The van der Waals surface area contributed by atoms with E-state index in [0.29, 0.717) is 28.0 Å². The number of ether oxygens (including phenoxy) is 2. The van der Waals surface area contributed by atoms with Gasteiger partial charge in [0.25, 0.3) is 5.91 Å². The van der Waals surface area contributed by atoms with Gasteiger partial charge in [-0.25, -0.2) is 19.7 Å². The molecule has 0 unspecified atom stereocenters. The van der Waals surface area contributed by atoms with E-state index in [9.17, 15) is 9.59 Å². The number of carbonyl (C=O) groups is 2. The van der Waals surface area contributed by atoms with Crippen LogP contribution in [0.4, 0.5) is 5.69 Å². The summed E-state index contributed by atoms with van der Waals surface area (Å²) in [6.07, 6.45) is 3.18. The third-order valence-electron chi connectivity index (χ3n) is 3.90. The summed E-state index contributed by atoms with van der Waals surface area (Å²) in [4.78, 5) is 36.7. The summed E-state index contributed by atoms with van der Waals surface area (Å²) in [6, 6.07) is 17.9. The molecule has 4 rings (SSSR count). The zero-order chi connectivity index (χ0) is 21.5. The molecule has 0 spiro atoms. The SMILES string of the molecule is O=C(COC(=O)c1csc(-c2ncccn2)n1)Nc1cccc(Oc2ccccc2)c1. The smallest absolute Gasteiger partial charge is 0.358 e. The highest BCUT2D eigenvalue weighted by atomic mass is 32.1. The maximum Gasteiger partial charge on any atom is 0.358 e. The topological polar surface area (TPSA) is 103 Å². The van der Waals surface area contributed by atoms with Crippen molar-refractivity contribution in [1.29, 1.82) is 0 Å². The lowest BCUT2D eigenvalue weighted by atomic mass is 10.3. The highest BCUT2D eigenvalue weighted by Gasteiger charge is 2.16. The molecule has 4 aromatic rings. The molecule has 9 heteroatoms. The van der Waals surface area contributed by atoms with Crippen LogP contribution in [-0.2, 0) is 9.53 Å². The van der Waals surface area contributed by atoms with Crippen LogP contribution in [0.15, 0.2) is 78.4 Å². The molecule has 2 aromatic carbocycles. The van der Waals surface area contributed by atoms with E-state index in [0.717, 1.165) is 0 Å². The largest absolute Gasteiger partial charge is 0.457 e. The van der Waals surface area contributed by atoms with Crippen molar-refractivity contribution in [2.24, 2.45) is 0 Å². The van der Waals surface area contributed by atoms with Crippen LogP contribution < -0.4 is 10.1 Å². The number of nitrogens with zero attached hydrogens (tertiary/aromatic N) is 3. The number of nitrogens with one attached hydrogen (secondary N) is 1. The molecule has 8 nitrogen and oxygen atoms in total. The Labute approximate surface area is 181 Å². The summed E-state index contributed by atoms with van der Waals surface area (Å²) in [6.45, 7) is -0.447. The second-order valence-electron chi connectivity index (χ2n) is 6.18. The van der Waals surface area contributed by atoms with Gasteiger partial charge in [-0.15, -0.1) is 11.3 Å². The molecule has 0 atom stereocenters. The van der Waals surface area contributed by atoms with Crippen molar-refractivity contribution in [3.05, 3.63) is 84.1 Å². The first-order chi connectivity index (χ1) is 15.2. The maximum atomic E-state index is 12.2. The zero-order valence-corrected chi connectivity index (χ0v) is 16.9. The Morgan fingerprint density at radius 1 is 0.935 bits per heavy atom. The van der Waals surface area contributed by atoms with Gasteiger partial charge < -0.3 is 14.8 Å². The van der Waals surface area contributed by atoms with Crippen LogP contribution in [0.3, 0.4) is 0 Å². The van der Waals surface area contributed by atoms with Gasteiger partial charge in [0, 0.05) is 29.5 Å². The first-order valence-corrected chi connectivity index (χ1v) is 10.1. The molecule has 0 radical (unpaired) electrons. The zero-order valence-electron chi connectivity index (χ0n) is 16.1. The van der Waals surface area contributed by atoms with Crippen LogP contribution in [0.5, 0.6) is 11.5 Å². The van der Waals surface area contributed by atoms with Crippen LogP contribution in [0.1, 0.15) is 10.5 Å². The summed E-state index contributed by atoms with van der Waals surface area (Å²) in [5, 5.41) is 4.70. The Kier molecular flexibility index (Phi) is 6.24. The van der Waals surface area contributed by atoms with Gasteiger partial charge in [0.05, 0.1) is 0 Å². The molecular formula is C22H16N4O4S. The number of amides is 1. The summed E-state index contributed by atoms with van der Waals surface area (Å²) in [7, 11) is 0. The minimum atomic E-state index is -0.699. The number of para-hydroxylation sites is 1. The van der Waals surface area contributed by atoms with Gasteiger partial charge in [-0.3, -0.25) is 4.79 Å². The Morgan fingerprint density at radius 3 is 2.52 bits per heavy atom. The number of rotatable bonds is 7. The van der Waals surface area contributed by atoms with Crippen molar-refractivity contribution in [2.75, 3.05) is 11.9 Å². The molecule has 0 aliphatic heterocycles. The fourth-order valence-corrected chi connectivity index (χ4v) is 3.28. The van der Waals surface area contributed by atoms with Gasteiger partial charge in [-0.05, 0) is 30.3 Å². The molecule has 0 bridgehead atoms. The highest BCUT2D eigenvalue weighted by Crippen LogP contribution is 2.24. The van der Waals surface area contributed by atoms with Gasteiger partial charge in [0.15, 0.2) is 23.1 Å². The molecule has 0 aliphatic rings. The first-order valence-electron chi connectivity index (χ1n) is 9.20. The van der Waals surface area contributed by atoms with Crippen LogP contribution in [0.2, 0.25) is 0 Å². The molecule has 0 aliphatic carbocycles. The second-order valence-corrected chi connectivity index (χ2v) is 7.04. The first kappa shape index (κ1) is 20.2. The number of aromatic nitrogens is 3. The molecular weight excluding hydrogens is 416 g/mol. The molecule has 1 amide bonds. The van der Waals surface area contributed by atoms with Crippen LogP contribution >= 0.6 is 11.3 Å². The summed E-state index contributed by atoms with van der Waals surface area (Å²) in [5.74, 6) is 0.492. The lowest BCUT2D eigenvalue weighted by Crippen LogP contribution is -2.21. The van der Waals surface area contributed by atoms with Gasteiger partial charge in [-0.1, -0.05) is 24.3 Å². The van der Waals surface area contributed by atoms with Crippen molar-refractivity contribution in [2.45, 2.75) is 0 Å². The van der Waals surface area contributed by atoms with Crippen LogP contribution in [0.25, 0.3) is 10.8 Å². The highest BCUT2D eigenvalue weighted by molar-refractivity contribution is 7.13. The van der Waals surface area contributed by atoms with E-state index in [1.165, 1.54) is 16.7 Å². The van der Waals surface area contributed by atoms with E-state index >= 15 is 0 Å². The van der Waals surface area contributed by atoms with Crippen molar-refractivity contribution >= 4 is 28.9 Å². The summed E-state index contributed by atoms with van der Waals surface area (Å²) >= 11 is 1.22. The molecule has 154 valence electrons. The summed E-state index contributed by atoms with van der Waals surface area (Å²) in [5.41, 5.74) is 0.616.